The normalized spacial score (nSPS) is 18.4. The Morgan fingerprint density at radius 2 is 2.25 bits per heavy atom. The van der Waals surface area contributed by atoms with Gasteiger partial charge < -0.3 is 0 Å². The van der Waals surface area contributed by atoms with E-state index in [1.807, 2.05) is 0 Å². The molecule has 1 aliphatic rings. The van der Waals surface area contributed by atoms with E-state index in [0.717, 1.165) is 12.8 Å². The smallest absolute Gasteiger partial charge is 0.243 e. The molecule has 1 N–H and O–H groups in total. The second kappa shape index (κ2) is 3.98. The van der Waals surface area contributed by atoms with Crippen molar-refractivity contribution in [2.45, 2.75) is 24.7 Å². The molecule has 1 heterocycles. The van der Waals surface area contributed by atoms with Crippen molar-refractivity contribution in [3.63, 3.8) is 0 Å². The molecule has 0 atom stereocenters. The lowest BCUT2D eigenvalue weighted by Crippen LogP contribution is -2.29. The van der Waals surface area contributed by atoms with Crippen LogP contribution >= 0.6 is 11.6 Å². The topological polar surface area (TPSA) is 59.1 Å². The maximum absolute atomic E-state index is 11.9. The van der Waals surface area contributed by atoms with Gasteiger partial charge in [0.2, 0.25) is 10.0 Å². The molecule has 1 aromatic heterocycles. The molecule has 0 aliphatic heterocycles. The summed E-state index contributed by atoms with van der Waals surface area (Å²) >= 11 is 5.82. The Kier molecular flexibility index (Phi) is 2.94. The number of nitrogens with zero attached hydrogens (tertiary/aromatic N) is 1. The molecule has 4 nitrogen and oxygen atoms in total. The van der Waals surface area contributed by atoms with Crippen LogP contribution in [0, 0.1) is 5.41 Å². The number of rotatable bonds is 4. The third-order valence-electron chi connectivity index (χ3n) is 2.82. The molecule has 0 spiro atoms. The molecule has 0 amide bonds. The number of nitrogens with one attached hydrogen (secondary N) is 1. The van der Waals surface area contributed by atoms with E-state index in [1.165, 1.54) is 18.5 Å². The second-order valence-corrected chi connectivity index (χ2v) is 6.58. The van der Waals surface area contributed by atoms with Crippen LogP contribution in [0.15, 0.2) is 23.4 Å². The monoisotopic (exact) mass is 260 g/mol. The summed E-state index contributed by atoms with van der Waals surface area (Å²) in [5.41, 5.74) is 0.127. The summed E-state index contributed by atoms with van der Waals surface area (Å²) in [4.78, 5) is 3.81. The van der Waals surface area contributed by atoms with Gasteiger partial charge in [0.25, 0.3) is 0 Å². The number of aromatic nitrogens is 1. The van der Waals surface area contributed by atoms with Gasteiger partial charge >= 0.3 is 0 Å². The molecule has 2 rings (SSSR count). The van der Waals surface area contributed by atoms with Crippen LogP contribution in [0.2, 0.25) is 5.02 Å². The molecule has 16 heavy (non-hydrogen) atoms. The van der Waals surface area contributed by atoms with Crippen LogP contribution in [0.3, 0.4) is 0 Å². The van der Waals surface area contributed by atoms with E-state index >= 15 is 0 Å². The lowest BCUT2D eigenvalue weighted by molar-refractivity contribution is 0.530. The first-order valence-electron chi connectivity index (χ1n) is 5.02. The quantitative estimate of drug-likeness (QED) is 0.898. The van der Waals surface area contributed by atoms with Gasteiger partial charge in [0.05, 0.1) is 5.02 Å². The van der Waals surface area contributed by atoms with Crippen molar-refractivity contribution in [3.05, 3.63) is 23.5 Å². The average molecular weight is 261 g/mol. The minimum absolute atomic E-state index is 0.0425. The minimum atomic E-state index is -3.53. The standard InChI is InChI=1S/C10H13ClN2O2S/c1-10(3-4-10)7-13-16(14,15)9-6-12-5-2-8(9)11/h2,5-6,13H,3-4,7H2,1H3. The molecule has 88 valence electrons. The molecule has 1 fully saturated rings. The van der Waals surface area contributed by atoms with Crippen molar-refractivity contribution in [2.24, 2.45) is 5.41 Å². The highest BCUT2D eigenvalue weighted by molar-refractivity contribution is 7.89. The van der Waals surface area contributed by atoms with Crippen molar-refractivity contribution in [3.8, 4) is 0 Å². The molecule has 0 bridgehead atoms. The molecule has 0 aromatic carbocycles. The van der Waals surface area contributed by atoms with Crippen LogP contribution in [-0.4, -0.2) is 19.9 Å². The number of hydrogen-bond acceptors (Lipinski definition) is 3. The lowest BCUT2D eigenvalue weighted by Gasteiger charge is -2.11. The Labute approximate surface area is 100 Å². The van der Waals surface area contributed by atoms with Crippen molar-refractivity contribution in [2.75, 3.05) is 6.54 Å². The number of halogens is 1. The summed E-state index contributed by atoms with van der Waals surface area (Å²) in [6, 6.07) is 1.47. The lowest BCUT2D eigenvalue weighted by atomic mass is 10.2. The van der Waals surface area contributed by atoms with Crippen molar-refractivity contribution in [1.82, 2.24) is 9.71 Å². The van der Waals surface area contributed by atoms with E-state index in [-0.39, 0.29) is 15.3 Å². The van der Waals surface area contributed by atoms with Gasteiger partial charge in [0.15, 0.2) is 0 Å². The minimum Gasteiger partial charge on any atom is -0.263 e. The summed E-state index contributed by atoms with van der Waals surface area (Å²) in [6.07, 6.45) is 4.86. The zero-order chi connectivity index (χ0) is 11.8. The molecule has 6 heteroatoms. The van der Waals surface area contributed by atoms with Gasteiger partial charge in [-0.05, 0) is 24.3 Å². The maximum atomic E-state index is 11.9. The number of hydrogen-bond donors (Lipinski definition) is 1. The van der Waals surface area contributed by atoms with Crippen LogP contribution in [0.5, 0.6) is 0 Å². The van der Waals surface area contributed by atoms with Crippen LogP contribution in [0.4, 0.5) is 0 Å². The molecule has 1 aromatic rings. The Morgan fingerprint density at radius 3 is 2.81 bits per heavy atom. The summed E-state index contributed by atoms with van der Waals surface area (Å²) < 4.78 is 26.4. The summed E-state index contributed by atoms with van der Waals surface area (Å²) in [7, 11) is -3.53. The number of pyridine rings is 1. The average Bonchev–Trinajstić information content (AvgIpc) is 2.95. The maximum Gasteiger partial charge on any atom is 0.243 e. The van der Waals surface area contributed by atoms with Crippen LogP contribution in [-0.2, 0) is 10.0 Å². The van der Waals surface area contributed by atoms with E-state index in [0.29, 0.717) is 6.54 Å². The van der Waals surface area contributed by atoms with Gasteiger partial charge in [-0.1, -0.05) is 18.5 Å². The Bertz CT molecular complexity index is 497. The zero-order valence-electron chi connectivity index (χ0n) is 8.90. The van der Waals surface area contributed by atoms with Crippen molar-refractivity contribution in [1.29, 1.82) is 0 Å². The molecule has 0 saturated heterocycles. The summed E-state index contributed by atoms with van der Waals surface area (Å²) in [5.74, 6) is 0. The molecular formula is C10H13ClN2O2S. The largest absolute Gasteiger partial charge is 0.263 e. The summed E-state index contributed by atoms with van der Waals surface area (Å²) in [6.45, 7) is 2.51. The van der Waals surface area contributed by atoms with Crippen molar-refractivity contribution < 1.29 is 8.42 Å². The molecule has 0 radical (unpaired) electrons. The third kappa shape index (κ3) is 2.53. The fourth-order valence-electron chi connectivity index (χ4n) is 1.30. The van der Waals surface area contributed by atoms with Crippen LogP contribution < -0.4 is 4.72 Å². The Morgan fingerprint density at radius 1 is 1.56 bits per heavy atom. The van der Waals surface area contributed by atoms with Gasteiger partial charge in [-0.15, -0.1) is 0 Å². The van der Waals surface area contributed by atoms with Gasteiger partial charge in [-0.2, -0.15) is 0 Å². The molecule has 1 saturated carbocycles. The predicted molar refractivity (Wildman–Crippen MR) is 61.8 cm³/mol. The van der Waals surface area contributed by atoms with Gasteiger partial charge in [-0.3, -0.25) is 4.98 Å². The van der Waals surface area contributed by atoms with Crippen LogP contribution in [0.25, 0.3) is 0 Å². The fraction of sp³-hybridized carbons (Fsp3) is 0.500. The van der Waals surface area contributed by atoms with Gasteiger partial charge in [0.1, 0.15) is 4.90 Å². The molecule has 1 aliphatic carbocycles. The molecular weight excluding hydrogens is 248 g/mol. The third-order valence-corrected chi connectivity index (χ3v) is 4.69. The highest BCUT2D eigenvalue weighted by Crippen LogP contribution is 2.44. The number of sulfonamides is 1. The van der Waals surface area contributed by atoms with Gasteiger partial charge in [-0.25, -0.2) is 13.1 Å². The fourth-order valence-corrected chi connectivity index (χ4v) is 2.93. The van der Waals surface area contributed by atoms with E-state index in [1.54, 1.807) is 0 Å². The zero-order valence-corrected chi connectivity index (χ0v) is 10.5. The second-order valence-electron chi connectivity index (χ2n) is 4.44. The van der Waals surface area contributed by atoms with E-state index in [2.05, 4.69) is 16.6 Å². The highest BCUT2D eigenvalue weighted by atomic mass is 35.5. The first-order valence-corrected chi connectivity index (χ1v) is 6.88. The highest BCUT2D eigenvalue weighted by Gasteiger charge is 2.38. The van der Waals surface area contributed by atoms with Gasteiger partial charge in [0, 0.05) is 18.9 Å². The van der Waals surface area contributed by atoms with E-state index in [4.69, 9.17) is 11.6 Å². The van der Waals surface area contributed by atoms with Crippen molar-refractivity contribution >= 4 is 21.6 Å². The van der Waals surface area contributed by atoms with E-state index < -0.39 is 10.0 Å². The Hall–Kier alpha value is -0.650. The first kappa shape index (κ1) is 11.8. The first-order chi connectivity index (χ1) is 7.43. The van der Waals surface area contributed by atoms with E-state index in [9.17, 15) is 8.42 Å². The SMILES string of the molecule is CC1(CNS(=O)(=O)c2cnccc2Cl)CC1. The predicted octanol–water partition coefficient (Wildman–Crippen LogP) is 1.81. The summed E-state index contributed by atoms with van der Waals surface area (Å²) in [5, 5.41) is 0.198. The van der Waals surface area contributed by atoms with Crippen LogP contribution in [0.1, 0.15) is 19.8 Å². The molecule has 0 unspecified atom stereocenters. The Balaban J connectivity index is 2.16.